The van der Waals surface area contributed by atoms with Gasteiger partial charge in [0.25, 0.3) is 0 Å². The van der Waals surface area contributed by atoms with Crippen LogP contribution in [0.1, 0.15) is 17.0 Å². The van der Waals surface area contributed by atoms with Crippen molar-refractivity contribution < 1.29 is 18.8 Å². The first kappa shape index (κ1) is 14.2. The summed E-state index contributed by atoms with van der Waals surface area (Å²) >= 11 is 0. The molecule has 7 heteroatoms. The fourth-order valence-corrected chi connectivity index (χ4v) is 2.41. The van der Waals surface area contributed by atoms with Crippen molar-refractivity contribution in [2.45, 2.75) is 20.4 Å². The Bertz CT molecular complexity index is 691. The molecule has 1 aliphatic rings. The van der Waals surface area contributed by atoms with Crippen LogP contribution in [0.3, 0.4) is 0 Å². The Morgan fingerprint density at radius 3 is 2.82 bits per heavy atom. The maximum absolute atomic E-state index is 12.2. The third-order valence-electron chi connectivity index (χ3n) is 3.52. The van der Waals surface area contributed by atoms with E-state index in [1.165, 1.54) is 4.90 Å². The van der Waals surface area contributed by atoms with Crippen molar-refractivity contribution in [3.05, 3.63) is 35.2 Å². The van der Waals surface area contributed by atoms with Gasteiger partial charge in [0.1, 0.15) is 11.4 Å². The fourth-order valence-electron chi connectivity index (χ4n) is 2.41. The Hall–Kier alpha value is -2.70. The number of amides is 2. The van der Waals surface area contributed by atoms with E-state index in [2.05, 4.69) is 10.5 Å². The highest BCUT2D eigenvalue weighted by Gasteiger charge is 2.19. The third-order valence-corrected chi connectivity index (χ3v) is 3.52. The molecule has 0 aliphatic carbocycles. The van der Waals surface area contributed by atoms with E-state index in [9.17, 15) is 4.79 Å². The molecule has 0 bridgehead atoms. The second kappa shape index (κ2) is 5.59. The van der Waals surface area contributed by atoms with Gasteiger partial charge in [0, 0.05) is 13.6 Å². The van der Waals surface area contributed by atoms with Gasteiger partial charge in [0.05, 0.1) is 0 Å². The molecule has 0 unspecified atom stereocenters. The van der Waals surface area contributed by atoms with Crippen molar-refractivity contribution >= 4 is 11.7 Å². The predicted octanol–water partition coefficient (Wildman–Crippen LogP) is 2.37. The SMILES string of the molecule is Cc1noc(C)c1N(C)C(=O)NCc1ccc2c(c1)OCO2. The van der Waals surface area contributed by atoms with Gasteiger partial charge in [-0.1, -0.05) is 11.2 Å². The van der Waals surface area contributed by atoms with Gasteiger partial charge in [-0.2, -0.15) is 0 Å². The molecule has 0 atom stereocenters. The number of ether oxygens (including phenoxy) is 2. The number of benzene rings is 1. The number of hydrogen-bond acceptors (Lipinski definition) is 5. The molecular formula is C15H17N3O4. The van der Waals surface area contributed by atoms with Crippen molar-refractivity contribution in [2.75, 3.05) is 18.7 Å². The largest absolute Gasteiger partial charge is 0.454 e. The lowest BCUT2D eigenvalue weighted by Gasteiger charge is -2.17. The molecule has 2 amide bonds. The molecule has 2 heterocycles. The van der Waals surface area contributed by atoms with Crippen LogP contribution < -0.4 is 19.7 Å². The molecule has 0 saturated carbocycles. The highest BCUT2D eigenvalue weighted by Crippen LogP contribution is 2.32. The van der Waals surface area contributed by atoms with Gasteiger partial charge < -0.3 is 19.3 Å². The molecule has 7 nitrogen and oxygen atoms in total. The number of nitrogens with zero attached hydrogens (tertiary/aromatic N) is 2. The topological polar surface area (TPSA) is 76.8 Å². The Kier molecular flexibility index (Phi) is 3.62. The normalized spacial score (nSPS) is 12.3. The molecule has 1 aromatic carbocycles. The fraction of sp³-hybridized carbons (Fsp3) is 0.333. The molecule has 0 spiro atoms. The monoisotopic (exact) mass is 303 g/mol. The average molecular weight is 303 g/mol. The zero-order valence-electron chi connectivity index (χ0n) is 12.7. The van der Waals surface area contributed by atoms with Gasteiger partial charge in [0.15, 0.2) is 17.3 Å². The van der Waals surface area contributed by atoms with Crippen LogP contribution in [-0.4, -0.2) is 25.0 Å². The van der Waals surface area contributed by atoms with Crippen molar-refractivity contribution in [3.8, 4) is 11.5 Å². The molecule has 1 N–H and O–H groups in total. The molecular weight excluding hydrogens is 286 g/mol. The van der Waals surface area contributed by atoms with Crippen LogP contribution in [0, 0.1) is 13.8 Å². The molecule has 0 fully saturated rings. The zero-order chi connectivity index (χ0) is 15.7. The highest BCUT2D eigenvalue weighted by atomic mass is 16.7. The predicted molar refractivity (Wildman–Crippen MR) is 79.2 cm³/mol. The molecule has 1 aromatic heterocycles. The summed E-state index contributed by atoms with van der Waals surface area (Å²) < 4.78 is 15.7. The standard InChI is InChI=1S/C15H17N3O4/c1-9-14(10(2)22-17-9)18(3)15(19)16-7-11-4-5-12-13(6-11)21-8-20-12/h4-6H,7-8H2,1-3H3,(H,16,19). The smallest absolute Gasteiger partial charge is 0.322 e. The van der Waals surface area contributed by atoms with Gasteiger partial charge in [-0.3, -0.25) is 4.90 Å². The van der Waals surface area contributed by atoms with E-state index in [1.54, 1.807) is 20.9 Å². The van der Waals surface area contributed by atoms with Crippen LogP contribution in [0.25, 0.3) is 0 Å². The van der Waals surface area contributed by atoms with Gasteiger partial charge in [0.2, 0.25) is 6.79 Å². The van der Waals surface area contributed by atoms with Gasteiger partial charge in [-0.05, 0) is 31.5 Å². The first-order valence-electron chi connectivity index (χ1n) is 6.89. The van der Waals surface area contributed by atoms with E-state index >= 15 is 0 Å². The van der Waals surface area contributed by atoms with Crippen molar-refractivity contribution in [1.29, 1.82) is 0 Å². The summed E-state index contributed by atoms with van der Waals surface area (Å²) in [5.74, 6) is 2.03. The maximum Gasteiger partial charge on any atom is 0.322 e. The van der Waals surface area contributed by atoms with Crippen molar-refractivity contribution in [2.24, 2.45) is 0 Å². The summed E-state index contributed by atoms with van der Waals surface area (Å²) in [6, 6.07) is 5.36. The van der Waals surface area contributed by atoms with Crippen molar-refractivity contribution in [3.63, 3.8) is 0 Å². The Morgan fingerprint density at radius 1 is 1.32 bits per heavy atom. The molecule has 0 saturated heterocycles. The van der Waals surface area contributed by atoms with E-state index < -0.39 is 0 Å². The number of aryl methyl sites for hydroxylation is 2. The van der Waals surface area contributed by atoms with Crippen molar-refractivity contribution in [1.82, 2.24) is 10.5 Å². The lowest BCUT2D eigenvalue weighted by molar-refractivity contribution is 0.174. The number of urea groups is 1. The molecule has 116 valence electrons. The number of fused-ring (bicyclic) bond motifs is 1. The van der Waals surface area contributed by atoms with Gasteiger partial charge in [-0.25, -0.2) is 4.79 Å². The van der Waals surface area contributed by atoms with Crippen LogP contribution in [0.5, 0.6) is 11.5 Å². The summed E-state index contributed by atoms with van der Waals surface area (Å²) in [5, 5.41) is 6.70. The van der Waals surface area contributed by atoms with E-state index in [-0.39, 0.29) is 12.8 Å². The van der Waals surface area contributed by atoms with E-state index in [4.69, 9.17) is 14.0 Å². The minimum atomic E-state index is -0.230. The summed E-state index contributed by atoms with van der Waals surface area (Å²) in [5.41, 5.74) is 2.30. The Labute approximate surface area is 127 Å². The summed E-state index contributed by atoms with van der Waals surface area (Å²) in [6.45, 7) is 4.20. The lowest BCUT2D eigenvalue weighted by atomic mass is 10.2. The van der Waals surface area contributed by atoms with Crippen LogP contribution in [0.15, 0.2) is 22.7 Å². The lowest BCUT2D eigenvalue weighted by Crippen LogP contribution is -2.37. The van der Waals surface area contributed by atoms with Crippen LogP contribution in [0.2, 0.25) is 0 Å². The highest BCUT2D eigenvalue weighted by molar-refractivity contribution is 5.92. The second-order valence-electron chi connectivity index (χ2n) is 5.08. The number of hydrogen-bond donors (Lipinski definition) is 1. The molecule has 2 aromatic rings. The minimum absolute atomic E-state index is 0.230. The average Bonchev–Trinajstić information content (AvgIpc) is 3.10. The number of carbonyl (C=O) groups is 1. The Balaban J connectivity index is 1.65. The maximum atomic E-state index is 12.2. The second-order valence-corrected chi connectivity index (χ2v) is 5.08. The minimum Gasteiger partial charge on any atom is -0.454 e. The van der Waals surface area contributed by atoms with Crippen LogP contribution in [-0.2, 0) is 6.54 Å². The van der Waals surface area contributed by atoms with Crippen LogP contribution in [0.4, 0.5) is 10.5 Å². The molecule has 22 heavy (non-hydrogen) atoms. The third kappa shape index (κ3) is 2.57. The van der Waals surface area contributed by atoms with Gasteiger partial charge in [-0.15, -0.1) is 0 Å². The number of anilines is 1. The Morgan fingerprint density at radius 2 is 2.09 bits per heavy atom. The summed E-state index contributed by atoms with van der Waals surface area (Å²) in [4.78, 5) is 13.7. The van der Waals surface area contributed by atoms with Crippen LogP contribution >= 0.6 is 0 Å². The quantitative estimate of drug-likeness (QED) is 0.942. The molecule has 1 aliphatic heterocycles. The number of carbonyl (C=O) groups excluding carboxylic acids is 1. The zero-order valence-corrected chi connectivity index (χ0v) is 12.7. The number of rotatable bonds is 3. The van der Waals surface area contributed by atoms with Gasteiger partial charge >= 0.3 is 6.03 Å². The van der Waals surface area contributed by atoms with E-state index in [0.717, 1.165) is 11.3 Å². The summed E-state index contributed by atoms with van der Waals surface area (Å²) in [6.07, 6.45) is 0. The van der Waals surface area contributed by atoms with E-state index in [0.29, 0.717) is 29.4 Å². The number of aromatic nitrogens is 1. The molecule has 0 radical (unpaired) electrons. The first-order chi connectivity index (χ1) is 10.6. The van der Waals surface area contributed by atoms with E-state index in [1.807, 2.05) is 18.2 Å². The first-order valence-corrected chi connectivity index (χ1v) is 6.89. The summed E-state index contributed by atoms with van der Waals surface area (Å²) in [7, 11) is 1.68. The molecule has 3 rings (SSSR count). The number of nitrogens with one attached hydrogen (secondary N) is 1.